The summed E-state index contributed by atoms with van der Waals surface area (Å²) < 4.78 is 99.3. The number of nitrogen functional groups attached to an aromatic ring is 1. The molecule has 3 heterocycles. The molecule has 0 radical (unpaired) electrons. The minimum atomic E-state index is -4.78. The van der Waals surface area contributed by atoms with E-state index in [2.05, 4.69) is 10.3 Å². The number of rotatable bonds is 7. The van der Waals surface area contributed by atoms with Gasteiger partial charge in [-0.05, 0) is 65.2 Å². The lowest BCUT2D eigenvalue weighted by Crippen LogP contribution is -2.58. The van der Waals surface area contributed by atoms with E-state index in [1.807, 2.05) is 0 Å². The SMILES string of the molecule is Nc1ccc(/C=C/C(=O)NCc2cc3cc(-c4ccc(S(=O)(=O)N5CC(F)(F)C5)cc4)cc(C(F)(F)F)c3o2)cn1. The lowest BCUT2D eigenvalue weighted by molar-refractivity contribution is -0.136. The molecule has 3 N–H and O–H groups in total. The lowest BCUT2D eigenvalue weighted by atomic mass is 10.0. The fraction of sp³-hybridized carbons (Fsp3) is 0.185. The Morgan fingerprint density at radius 2 is 1.78 bits per heavy atom. The predicted molar refractivity (Wildman–Crippen MR) is 140 cm³/mol. The number of sulfonamides is 1. The van der Waals surface area contributed by atoms with E-state index in [0.717, 1.165) is 18.2 Å². The molecule has 1 amide bonds. The zero-order chi connectivity index (χ0) is 29.6. The zero-order valence-corrected chi connectivity index (χ0v) is 21.8. The van der Waals surface area contributed by atoms with E-state index in [1.54, 1.807) is 12.1 Å². The number of halogens is 5. The molecule has 2 aromatic carbocycles. The number of aromatic nitrogens is 1. The van der Waals surface area contributed by atoms with Crippen molar-refractivity contribution in [2.45, 2.75) is 23.5 Å². The van der Waals surface area contributed by atoms with Gasteiger partial charge in [0.25, 0.3) is 5.92 Å². The molecule has 8 nitrogen and oxygen atoms in total. The number of hydrogen-bond donors (Lipinski definition) is 2. The van der Waals surface area contributed by atoms with Crippen LogP contribution in [-0.2, 0) is 27.5 Å². The van der Waals surface area contributed by atoms with Gasteiger partial charge in [-0.1, -0.05) is 12.1 Å². The van der Waals surface area contributed by atoms with E-state index in [0.29, 0.717) is 15.7 Å². The number of anilines is 1. The Kier molecular flexibility index (Phi) is 7.07. The summed E-state index contributed by atoms with van der Waals surface area (Å²) in [6.07, 6.45) is -0.598. The van der Waals surface area contributed by atoms with Crippen LogP contribution in [0, 0.1) is 0 Å². The van der Waals surface area contributed by atoms with E-state index in [1.165, 1.54) is 42.6 Å². The first kappa shape index (κ1) is 28.2. The summed E-state index contributed by atoms with van der Waals surface area (Å²) >= 11 is 0. The molecule has 4 aromatic rings. The number of amides is 1. The van der Waals surface area contributed by atoms with Gasteiger partial charge in [-0.3, -0.25) is 4.79 Å². The summed E-state index contributed by atoms with van der Waals surface area (Å²) in [5, 5.41) is 2.65. The Morgan fingerprint density at radius 1 is 1.07 bits per heavy atom. The molecule has 1 aliphatic heterocycles. The van der Waals surface area contributed by atoms with Gasteiger partial charge in [0.1, 0.15) is 17.2 Å². The maximum absolute atomic E-state index is 13.9. The maximum atomic E-state index is 13.9. The van der Waals surface area contributed by atoms with Crippen LogP contribution in [0.1, 0.15) is 16.9 Å². The third-order valence-electron chi connectivity index (χ3n) is 6.29. The van der Waals surface area contributed by atoms with Crippen molar-refractivity contribution in [1.82, 2.24) is 14.6 Å². The van der Waals surface area contributed by atoms with E-state index in [-0.39, 0.29) is 33.7 Å². The Hall–Kier alpha value is -4.30. The third kappa shape index (κ3) is 6.07. The highest BCUT2D eigenvalue weighted by atomic mass is 32.2. The van der Waals surface area contributed by atoms with Crippen molar-refractivity contribution in [3.05, 3.63) is 83.8 Å². The Balaban J connectivity index is 1.36. The fourth-order valence-electron chi connectivity index (χ4n) is 4.20. The maximum Gasteiger partial charge on any atom is 0.420 e. The average Bonchev–Trinajstić information content (AvgIpc) is 3.32. The van der Waals surface area contributed by atoms with Crippen LogP contribution >= 0.6 is 0 Å². The molecule has 1 fully saturated rings. The van der Waals surface area contributed by atoms with Gasteiger partial charge in [-0.15, -0.1) is 0 Å². The zero-order valence-electron chi connectivity index (χ0n) is 21.0. The quantitative estimate of drug-likeness (QED) is 0.229. The smallest absolute Gasteiger partial charge is 0.420 e. The highest BCUT2D eigenvalue weighted by Crippen LogP contribution is 2.40. The molecule has 214 valence electrons. The molecule has 0 unspecified atom stereocenters. The van der Waals surface area contributed by atoms with Crippen LogP contribution in [0.15, 0.2) is 76.2 Å². The molecular weight excluding hydrogens is 571 g/mol. The fourth-order valence-corrected chi connectivity index (χ4v) is 5.70. The van der Waals surface area contributed by atoms with Crippen molar-refractivity contribution in [3.63, 3.8) is 0 Å². The lowest BCUT2D eigenvalue weighted by Gasteiger charge is -2.37. The number of alkyl halides is 5. The highest BCUT2D eigenvalue weighted by Gasteiger charge is 2.49. The van der Waals surface area contributed by atoms with Gasteiger partial charge in [-0.2, -0.15) is 17.5 Å². The number of carbonyl (C=O) groups is 1. The molecule has 1 aliphatic rings. The summed E-state index contributed by atoms with van der Waals surface area (Å²) in [7, 11) is -4.16. The minimum Gasteiger partial charge on any atom is -0.459 e. The monoisotopic (exact) mass is 592 g/mol. The molecule has 5 rings (SSSR count). The number of benzene rings is 2. The van der Waals surface area contributed by atoms with Crippen molar-refractivity contribution >= 4 is 38.8 Å². The summed E-state index contributed by atoms with van der Waals surface area (Å²) in [4.78, 5) is 15.8. The molecule has 0 saturated carbocycles. The van der Waals surface area contributed by atoms with Gasteiger partial charge >= 0.3 is 6.18 Å². The normalized spacial score (nSPS) is 15.7. The van der Waals surface area contributed by atoms with Crippen molar-refractivity contribution in [2.75, 3.05) is 18.8 Å². The van der Waals surface area contributed by atoms with Gasteiger partial charge in [0.15, 0.2) is 0 Å². The van der Waals surface area contributed by atoms with Gasteiger partial charge in [0.05, 0.1) is 30.1 Å². The number of furan rings is 1. The largest absolute Gasteiger partial charge is 0.459 e. The summed E-state index contributed by atoms with van der Waals surface area (Å²) in [6.45, 7) is -2.04. The first-order chi connectivity index (χ1) is 19.2. The van der Waals surface area contributed by atoms with Crippen LogP contribution in [0.2, 0.25) is 0 Å². The van der Waals surface area contributed by atoms with Crippen LogP contribution in [0.25, 0.3) is 28.2 Å². The topological polar surface area (TPSA) is 119 Å². The van der Waals surface area contributed by atoms with Crippen LogP contribution in [0.3, 0.4) is 0 Å². The van der Waals surface area contributed by atoms with E-state index in [4.69, 9.17) is 10.2 Å². The second-order valence-electron chi connectivity index (χ2n) is 9.37. The van der Waals surface area contributed by atoms with E-state index >= 15 is 0 Å². The molecule has 0 bridgehead atoms. The second-order valence-corrected chi connectivity index (χ2v) is 11.3. The standard InChI is InChI=1S/C27H21F5N4O4S/c28-26(29)14-36(15-26)41(38,39)21-5-3-17(4-6-21)18-9-19-10-20(40-25(19)22(11-18)27(30,31)32)13-35-24(37)8-2-16-1-7-23(33)34-12-16/h1-12H,13-15H2,(H2,33,34)(H,35,37)/b8-2+. The first-order valence-corrected chi connectivity index (χ1v) is 13.4. The van der Waals surface area contributed by atoms with Crippen molar-refractivity contribution < 1.29 is 39.6 Å². The van der Waals surface area contributed by atoms with Gasteiger partial charge in [0.2, 0.25) is 15.9 Å². The van der Waals surface area contributed by atoms with Crippen LogP contribution in [0.4, 0.5) is 27.8 Å². The van der Waals surface area contributed by atoms with Crippen LogP contribution < -0.4 is 11.1 Å². The van der Waals surface area contributed by atoms with Crippen LogP contribution in [-0.4, -0.2) is 42.6 Å². The molecule has 14 heteroatoms. The number of nitrogens with one attached hydrogen (secondary N) is 1. The number of hydrogen-bond acceptors (Lipinski definition) is 6. The van der Waals surface area contributed by atoms with Crippen molar-refractivity contribution in [3.8, 4) is 11.1 Å². The average molecular weight is 593 g/mol. The summed E-state index contributed by atoms with van der Waals surface area (Å²) in [5.74, 6) is -3.21. The number of pyridine rings is 1. The number of carbonyl (C=O) groups excluding carboxylic acids is 1. The number of nitrogens with two attached hydrogens (primary N) is 1. The molecule has 1 saturated heterocycles. The molecule has 0 aliphatic carbocycles. The second kappa shape index (κ2) is 10.3. The predicted octanol–water partition coefficient (Wildman–Crippen LogP) is 5.07. The molecule has 2 aromatic heterocycles. The van der Waals surface area contributed by atoms with E-state index < -0.39 is 52.3 Å². The molecule has 0 spiro atoms. The molecule has 0 atom stereocenters. The summed E-state index contributed by atoms with van der Waals surface area (Å²) in [5.41, 5.74) is 5.04. The first-order valence-electron chi connectivity index (χ1n) is 12.0. The number of nitrogens with zero attached hydrogens (tertiary/aromatic N) is 2. The number of fused-ring (bicyclic) bond motifs is 1. The van der Waals surface area contributed by atoms with Crippen molar-refractivity contribution in [1.29, 1.82) is 0 Å². The van der Waals surface area contributed by atoms with Gasteiger partial charge in [0, 0.05) is 17.7 Å². The minimum absolute atomic E-state index is 0.0753. The van der Waals surface area contributed by atoms with E-state index in [9.17, 15) is 35.2 Å². The Morgan fingerprint density at radius 3 is 2.39 bits per heavy atom. The molecule has 41 heavy (non-hydrogen) atoms. The Labute approximate surface area is 230 Å². The van der Waals surface area contributed by atoms with Crippen LogP contribution in [0.5, 0.6) is 0 Å². The van der Waals surface area contributed by atoms with Gasteiger partial charge in [-0.25, -0.2) is 22.2 Å². The molecular formula is C27H21F5N4O4S. The van der Waals surface area contributed by atoms with Gasteiger partial charge < -0.3 is 15.5 Å². The van der Waals surface area contributed by atoms with Crippen molar-refractivity contribution in [2.24, 2.45) is 0 Å². The third-order valence-corrected chi connectivity index (χ3v) is 8.09. The highest BCUT2D eigenvalue weighted by molar-refractivity contribution is 7.89. The Bertz CT molecular complexity index is 1740. The summed E-state index contributed by atoms with van der Waals surface area (Å²) in [6, 6.07) is 11.8.